The number of hydrogen-bond acceptors (Lipinski definition) is 4. The molecular formula is C34H42ClN3O4S. The Morgan fingerprint density at radius 2 is 1.53 bits per heavy atom. The molecule has 2 amide bonds. The second kappa shape index (κ2) is 14.4. The standard InChI is InChI=1S/C34H42ClN3O4S/c1-5-31(34(40)36-29-9-7-6-8-10-29)37(22-27-14-16-28(35)17-15-27)33(39)23-38(32-20-13-25(3)21-26(32)4)43(41,42)30-18-11-24(2)12-19-30/h11-21,29,31H,5-10,22-23H2,1-4H3,(H,36,40)/t31-/m1/s1. The zero-order valence-electron chi connectivity index (χ0n) is 25.5. The maximum atomic E-state index is 14.3. The van der Waals surface area contributed by atoms with E-state index >= 15 is 0 Å². The molecule has 1 N–H and O–H groups in total. The average molecular weight is 624 g/mol. The van der Waals surface area contributed by atoms with E-state index in [1.165, 1.54) is 9.21 Å². The Bertz CT molecular complexity index is 1520. The van der Waals surface area contributed by atoms with Crippen LogP contribution in [0.3, 0.4) is 0 Å². The molecule has 3 aromatic carbocycles. The first-order chi connectivity index (χ1) is 20.5. The molecule has 4 rings (SSSR count). The molecule has 1 aliphatic carbocycles. The van der Waals surface area contributed by atoms with Crippen LogP contribution in [-0.2, 0) is 26.2 Å². The number of aryl methyl sites for hydroxylation is 3. The zero-order chi connectivity index (χ0) is 31.1. The molecule has 1 saturated carbocycles. The number of nitrogens with one attached hydrogen (secondary N) is 1. The largest absolute Gasteiger partial charge is 0.352 e. The van der Waals surface area contributed by atoms with Crippen molar-refractivity contribution in [3.63, 3.8) is 0 Å². The number of rotatable bonds is 11. The number of carbonyl (C=O) groups is 2. The quantitative estimate of drug-likeness (QED) is 0.257. The molecule has 43 heavy (non-hydrogen) atoms. The highest BCUT2D eigenvalue weighted by Crippen LogP contribution is 2.29. The van der Waals surface area contributed by atoms with Gasteiger partial charge in [-0.05, 0) is 81.5 Å². The summed E-state index contributed by atoms with van der Waals surface area (Å²) in [5, 5.41) is 3.74. The summed E-state index contributed by atoms with van der Waals surface area (Å²) in [6, 6.07) is 18.5. The van der Waals surface area contributed by atoms with Crippen LogP contribution < -0.4 is 9.62 Å². The number of halogens is 1. The topological polar surface area (TPSA) is 86.8 Å². The first-order valence-corrected chi connectivity index (χ1v) is 16.8. The van der Waals surface area contributed by atoms with E-state index < -0.39 is 28.5 Å². The fourth-order valence-corrected chi connectivity index (χ4v) is 7.29. The van der Waals surface area contributed by atoms with Crippen LogP contribution in [0.4, 0.5) is 5.69 Å². The van der Waals surface area contributed by atoms with Gasteiger partial charge >= 0.3 is 0 Å². The van der Waals surface area contributed by atoms with E-state index in [0.717, 1.165) is 54.4 Å². The third kappa shape index (κ3) is 8.18. The number of hydrogen-bond donors (Lipinski definition) is 1. The van der Waals surface area contributed by atoms with E-state index in [4.69, 9.17) is 11.6 Å². The van der Waals surface area contributed by atoms with Crippen molar-refractivity contribution in [2.45, 2.75) is 89.7 Å². The molecule has 1 aliphatic rings. The van der Waals surface area contributed by atoms with Crippen LogP contribution in [0.15, 0.2) is 71.6 Å². The minimum atomic E-state index is -4.12. The van der Waals surface area contributed by atoms with E-state index in [2.05, 4.69) is 5.32 Å². The zero-order valence-corrected chi connectivity index (χ0v) is 27.0. The van der Waals surface area contributed by atoms with E-state index in [9.17, 15) is 18.0 Å². The van der Waals surface area contributed by atoms with Crippen LogP contribution in [0.25, 0.3) is 0 Å². The van der Waals surface area contributed by atoms with Gasteiger partial charge in [0.05, 0.1) is 10.6 Å². The first-order valence-electron chi connectivity index (χ1n) is 15.0. The predicted octanol–water partition coefficient (Wildman–Crippen LogP) is 6.72. The van der Waals surface area contributed by atoms with Crippen LogP contribution in [0.2, 0.25) is 5.02 Å². The fourth-order valence-electron chi connectivity index (χ4n) is 5.69. The summed E-state index contributed by atoms with van der Waals surface area (Å²) in [6.07, 6.45) is 5.51. The third-order valence-electron chi connectivity index (χ3n) is 8.11. The third-order valence-corrected chi connectivity index (χ3v) is 10.1. The van der Waals surface area contributed by atoms with Gasteiger partial charge in [-0.25, -0.2) is 8.42 Å². The van der Waals surface area contributed by atoms with Gasteiger partial charge in [-0.1, -0.05) is 85.3 Å². The highest BCUT2D eigenvalue weighted by molar-refractivity contribution is 7.92. The summed E-state index contributed by atoms with van der Waals surface area (Å²) in [4.78, 5) is 29.6. The minimum absolute atomic E-state index is 0.0800. The average Bonchev–Trinajstić information content (AvgIpc) is 2.98. The molecule has 1 atom stereocenters. The summed E-state index contributed by atoms with van der Waals surface area (Å²) in [6.45, 7) is 7.21. The fraction of sp³-hybridized carbons (Fsp3) is 0.412. The molecule has 0 heterocycles. The summed E-state index contributed by atoms with van der Waals surface area (Å²) in [5.41, 5.74) is 3.86. The Morgan fingerprint density at radius 1 is 0.907 bits per heavy atom. The van der Waals surface area contributed by atoms with E-state index in [-0.39, 0.29) is 23.4 Å². The molecule has 230 valence electrons. The van der Waals surface area contributed by atoms with Crippen LogP contribution in [0.5, 0.6) is 0 Å². The van der Waals surface area contributed by atoms with Crippen LogP contribution in [-0.4, -0.2) is 43.8 Å². The Morgan fingerprint density at radius 3 is 2.14 bits per heavy atom. The van der Waals surface area contributed by atoms with Gasteiger partial charge in [0.25, 0.3) is 10.0 Å². The van der Waals surface area contributed by atoms with Gasteiger partial charge in [-0.15, -0.1) is 0 Å². The van der Waals surface area contributed by atoms with Crippen LogP contribution in [0.1, 0.15) is 67.7 Å². The van der Waals surface area contributed by atoms with Gasteiger partial charge in [0.1, 0.15) is 12.6 Å². The molecule has 3 aromatic rings. The molecule has 0 aliphatic heterocycles. The lowest BCUT2D eigenvalue weighted by Crippen LogP contribution is -2.54. The second-order valence-corrected chi connectivity index (χ2v) is 13.8. The maximum absolute atomic E-state index is 14.3. The summed E-state index contributed by atoms with van der Waals surface area (Å²) in [7, 11) is -4.12. The van der Waals surface area contributed by atoms with Gasteiger partial charge in [0, 0.05) is 17.6 Å². The van der Waals surface area contributed by atoms with Gasteiger partial charge in [-0.2, -0.15) is 0 Å². The van der Waals surface area contributed by atoms with Crippen molar-refractivity contribution >= 4 is 39.1 Å². The van der Waals surface area contributed by atoms with Gasteiger partial charge in [-0.3, -0.25) is 13.9 Å². The van der Waals surface area contributed by atoms with Crippen molar-refractivity contribution in [1.29, 1.82) is 0 Å². The molecule has 1 fully saturated rings. The molecule has 0 unspecified atom stereocenters. The lowest BCUT2D eigenvalue weighted by molar-refractivity contribution is -0.140. The van der Waals surface area contributed by atoms with Crippen molar-refractivity contribution in [1.82, 2.24) is 10.2 Å². The normalized spacial score (nSPS) is 14.6. The van der Waals surface area contributed by atoms with Crippen molar-refractivity contribution in [3.8, 4) is 0 Å². The van der Waals surface area contributed by atoms with Crippen molar-refractivity contribution in [2.75, 3.05) is 10.8 Å². The van der Waals surface area contributed by atoms with Crippen molar-refractivity contribution < 1.29 is 18.0 Å². The number of nitrogens with zero attached hydrogens (tertiary/aromatic N) is 2. The number of benzene rings is 3. The van der Waals surface area contributed by atoms with Crippen molar-refractivity contribution in [3.05, 3.63) is 94.0 Å². The summed E-state index contributed by atoms with van der Waals surface area (Å²) in [5.74, 6) is -0.674. The SMILES string of the molecule is CC[C@H](C(=O)NC1CCCCC1)N(Cc1ccc(Cl)cc1)C(=O)CN(c1ccc(C)cc1C)S(=O)(=O)c1ccc(C)cc1. The highest BCUT2D eigenvalue weighted by Gasteiger charge is 2.35. The van der Waals surface area contributed by atoms with Gasteiger partial charge in [0.2, 0.25) is 11.8 Å². The van der Waals surface area contributed by atoms with Crippen LogP contribution >= 0.6 is 11.6 Å². The van der Waals surface area contributed by atoms with E-state index in [1.807, 2.05) is 52.0 Å². The number of anilines is 1. The number of amides is 2. The smallest absolute Gasteiger partial charge is 0.264 e. The predicted molar refractivity (Wildman–Crippen MR) is 173 cm³/mol. The monoisotopic (exact) mass is 623 g/mol. The molecule has 9 heteroatoms. The molecule has 7 nitrogen and oxygen atoms in total. The lowest BCUT2D eigenvalue weighted by atomic mass is 9.95. The van der Waals surface area contributed by atoms with Gasteiger partial charge in [0.15, 0.2) is 0 Å². The molecule has 0 saturated heterocycles. The molecule has 0 spiro atoms. The highest BCUT2D eigenvalue weighted by atomic mass is 35.5. The molecule has 0 aromatic heterocycles. The Hall–Kier alpha value is -3.36. The summed E-state index contributed by atoms with van der Waals surface area (Å²) >= 11 is 6.12. The van der Waals surface area contributed by atoms with E-state index in [0.29, 0.717) is 17.1 Å². The number of sulfonamides is 1. The van der Waals surface area contributed by atoms with Crippen LogP contribution in [0, 0.1) is 20.8 Å². The Balaban J connectivity index is 1.72. The first kappa shape index (κ1) is 32.6. The molecular weight excluding hydrogens is 582 g/mol. The maximum Gasteiger partial charge on any atom is 0.264 e. The summed E-state index contributed by atoms with van der Waals surface area (Å²) < 4.78 is 29.4. The van der Waals surface area contributed by atoms with E-state index in [1.54, 1.807) is 42.5 Å². The lowest BCUT2D eigenvalue weighted by Gasteiger charge is -2.34. The molecule has 0 radical (unpaired) electrons. The number of carbonyl (C=O) groups excluding carboxylic acids is 2. The minimum Gasteiger partial charge on any atom is -0.352 e. The second-order valence-electron chi connectivity index (χ2n) is 11.5. The van der Waals surface area contributed by atoms with Crippen molar-refractivity contribution in [2.24, 2.45) is 0 Å². The van der Waals surface area contributed by atoms with Gasteiger partial charge < -0.3 is 10.2 Å². The Labute approximate surface area is 261 Å². The Kier molecular flexibility index (Phi) is 10.9. The molecule has 0 bridgehead atoms.